The van der Waals surface area contributed by atoms with Gasteiger partial charge in [0, 0.05) is 17.9 Å². The van der Waals surface area contributed by atoms with E-state index in [4.69, 9.17) is 0 Å². The van der Waals surface area contributed by atoms with Gasteiger partial charge in [-0.2, -0.15) is 0 Å². The van der Waals surface area contributed by atoms with Crippen molar-refractivity contribution in [3.05, 3.63) is 59.7 Å². The van der Waals surface area contributed by atoms with E-state index in [0.29, 0.717) is 0 Å². The predicted octanol–water partition coefficient (Wildman–Crippen LogP) is 1.68. The third kappa shape index (κ3) is 3.10. The summed E-state index contributed by atoms with van der Waals surface area (Å²) >= 11 is 0. The number of piperazine rings is 1. The summed E-state index contributed by atoms with van der Waals surface area (Å²) in [4.78, 5) is 19.0. The summed E-state index contributed by atoms with van der Waals surface area (Å²) in [7, 11) is 0. The van der Waals surface area contributed by atoms with E-state index in [1.807, 2.05) is 11.0 Å². The molecule has 2 aromatic rings. The number of nitrogens with zero attached hydrogens (tertiary/aromatic N) is 2. The van der Waals surface area contributed by atoms with Crippen LogP contribution in [0.15, 0.2) is 48.5 Å². The lowest BCUT2D eigenvalue weighted by Crippen LogP contribution is -3.19. The number of hydrogen-bond donors (Lipinski definition) is 1. The fraction of sp³-hybridized carbons (Fsp3) is 0.409. The first-order valence-electron chi connectivity index (χ1n) is 9.69. The lowest BCUT2D eigenvalue weighted by molar-refractivity contribution is -0.914. The summed E-state index contributed by atoms with van der Waals surface area (Å²) in [6.45, 7) is 9.13. The van der Waals surface area contributed by atoms with Crippen LogP contribution in [0, 0.1) is 6.92 Å². The number of carbonyl (C=O) groups excluding carboxylic acids is 1. The van der Waals surface area contributed by atoms with Gasteiger partial charge >= 0.3 is 0 Å². The number of rotatable bonds is 3. The molecule has 26 heavy (non-hydrogen) atoms. The molecule has 1 N–H and O–H groups in total. The summed E-state index contributed by atoms with van der Waals surface area (Å²) in [5.41, 5.74) is 5.07. The topological polar surface area (TPSA) is 28.0 Å². The first-order valence-corrected chi connectivity index (χ1v) is 9.69. The molecule has 0 aliphatic carbocycles. The zero-order chi connectivity index (χ0) is 18.1. The molecule has 2 aliphatic rings. The number of aryl methyl sites for hydroxylation is 1. The lowest BCUT2D eigenvalue weighted by atomic mass is 10.1. The molecule has 1 saturated heterocycles. The second-order valence-corrected chi connectivity index (χ2v) is 7.52. The molecule has 2 aromatic carbocycles. The highest BCUT2D eigenvalue weighted by molar-refractivity contribution is 5.97. The Bertz CT molecular complexity index is 795. The van der Waals surface area contributed by atoms with E-state index in [-0.39, 0.29) is 11.9 Å². The van der Waals surface area contributed by atoms with Gasteiger partial charge in [-0.25, -0.2) is 0 Å². The maximum Gasteiger partial charge on any atom is 0.284 e. The van der Waals surface area contributed by atoms with E-state index in [1.165, 1.54) is 21.7 Å². The third-order valence-electron chi connectivity index (χ3n) is 6.00. The number of carbonyl (C=O) groups is 1. The second kappa shape index (κ2) is 7.12. The number of quaternary nitrogens is 1. The Kier molecular flexibility index (Phi) is 4.68. The van der Waals surface area contributed by atoms with Crippen molar-refractivity contribution in [1.82, 2.24) is 0 Å². The highest BCUT2D eigenvalue weighted by Gasteiger charge is 2.35. The minimum absolute atomic E-state index is 0.0141. The van der Waals surface area contributed by atoms with Crippen LogP contribution in [0.4, 0.5) is 11.4 Å². The summed E-state index contributed by atoms with van der Waals surface area (Å²) in [5, 5.41) is 0. The van der Waals surface area contributed by atoms with Crippen LogP contribution in [0.25, 0.3) is 0 Å². The smallest absolute Gasteiger partial charge is 0.284 e. The Morgan fingerprint density at radius 1 is 0.962 bits per heavy atom. The van der Waals surface area contributed by atoms with Crippen LogP contribution in [0.3, 0.4) is 0 Å². The minimum atomic E-state index is 0.0141. The number of hydrogen-bond acceptors (Lipinski definition) is 2. The SMILES string of the molecule is Cc1ccccc1N1CC[NH+]([C@@H](C)C(=O)N2CCc3ccccc32)CC1. The fourth-order valence-corrected chi connectivity index (χ4v) is 4.36. The zero-order valence-electron chi connectivity index (χ0n) is 15.7. The van der Waals surface area contributed by atoms with Crippen LogP contribution >= 0.6 is 0 Å². The summed E-state index contributed by atoms with van der Waals surface area (Å²) in [5.74, 6) is 0.272. The largest absolute Gasteiger partial charge is 0.360 e. The molecule has 1 fully saturated rings. The van der Waals surface area contributed by atoms with E-state index >= 15 is 0 Å². The van der Waals surface area contributed by atoms with Crippen molar-refractivity contribution < 1.29 is 9.69 Å². The van der Waals surface area contributed by atoms with Crippen molar-refractivity contribution in [2.75, 3.05) is 42.5 Å². The minimum Gasteiger partial charge on any atom is -0.360 e. The Balaban J connectivity index is 1.40. The van der Waals surface area contributed by atoms with E-state index in [9.17, 15) is 4.79 Å². The Labute approximate surface area is 156 Å². The fourth-order valence-electron chi connectivity index (χ4n) is 4.36. The monoisotopic (exact) mass is 350 g/mol. The first kappa shape index (κ1) is 17.1. The van der Waals surface area contributed by atoms with Crippen molar-refractivity contribution in [2.24, 2.45) is 0 Å². The summed E-state index contributed by atoms with van der Waals surface area (Å²) in [6.07, 6.45) is 0.977. The highest BCUT2D eigenvalue weighted by atomic mass is 16.2. The molecule has 4 nitrogen and oxygen atoms in total. The number of amides is 1. The van der Waals surface area contributed by atoms with E-state index in [0.717, 1.165) is 44.8 Å². The Morgan fingerprint density at radius 2 is 1.62 bits per heavy atom. The molecular weight excluding hydrogens is 322 g/mol. The molecule has 2 heterocycles. The van der Waals surface area contributed by atoms with Crippen LogP contribution in [0.5, 0.6) is 0 Å². The molecule has 0 spiro atoms. The molecule has 1 atom stereocenters. The normalized spacial score (nSPS) is 18.7. The number of para-hydroxylation sites is 2. The summed E-state index contributed by atoms with van der Waals surface area (Å²) < 4.78 is 0. The molecule has 0 radical (unpaired) electrons. The van der Waals surface area contributed by atoms with Gasteiger partial charge in [0.2, 0.25) is 0 Å². The maximum absolute atomic E-state index is 13.1. The van der Waals surface area contributed by atoms with E-state index in [2.05, 4.69) is 61.2 Å². The number of nitrogens with one attached hydrogen (secondary N) is 1. The molecule has 136 valence electrons. The van der Waals surface area contributed by atoms with Gasteiger partial charge < -0.3 is 14.7 Å². The van der Waals surface area contributed by atoms with Crippen molar-refractivity contribution in [3.8, 4) is 0 Å². The highest BCUT2D eigenvalue weighted by Crippen LogP contribution is 2.27. The molecule has 0 bridgehead atoms. The predicted molar refractivity (Wildman–Crippen MR) is 106 cm³/mol. The van der Waals surface area contributed by atoms with E-state index in [1.54, 1.807) is 0 Å². The van der Waals surface area contributed by atoms with Gasteiger partial charge in [-0.1, -0.05) is 36.4 Å². The summed E-state index contributed by atoms with van der Waals surface area (Å²) in [6, 6.07) is 16.9. The third-order valence-corrected chi connectivity index (χ3v) is 6.00. The van der Waals surface area contributed by atoms with Crippen LogP contribution in [0.1, 0.15) is 18.1 Å². The standard InChI is InChI=1S/C22H27N3O/c1-17-7-3-5-9-20(17)24-15-13-23(14-16-24)18(2)22(26)25-12-11-19-8-4-6-10-21(19)25/h3-10,18H,11-16H2,1-2H3/p+1/t18-/m0/s1. The van der Waals surface area contributed by atoms with Crippen molar-refractivity contribution in [3.63, 3.8) is 0 Å². The van der Waals surface area contributed by atoms with Gasteiger partial charge in [-0.15, -0.1) is 0 Å². The Morgan fingerprint density at radius 3 is 2.35 bits per heavy atom. The van der Waals surface area contributed by atoms with Gasteiger partial charge in [0.1, 0.15) is 0 Å². The molecule has 4 rings (SSSR count). The van der Waals surface area contributed by atoms with Gasteiger partial charge in [-0.05, 0) is 43.5 Å². The van der Waals surface area contributed by atoms with Gasteiger partial charge in [0.05, 0.1) is 26.2 Å². The van der Waals surface area contributed by atoms with Crippen LogP contribution in [-0.4, -0.2) is 44.7 Å². The number of benzene rings is 2. The second-order valence-electron chi connectivity index (χ2n) is 7.52. The molecule has 4 heteroatoms. The molecule has 0 saturated carbocycles. The molecule has 0 aromatic heterocycles. The molecule has 1 amide bonds. The molecule has 2 aliphatic heterocycles. The number of anilines is 2. The van der Waals surface area contributed by atoms with Crippen molar-refractivity contribution >= 4 is 17.3 Å². The van der Waals surface area contributed by atoms with Crippen molar-refractivity contribution in [1.29, 1.82) is 0 Å². The van der Waals surface area contributed by atoms with Crippen LogP contribution in [-0.2, 0) is 11.2 Å². The first-order chi connectivity index (χ1) is 12.6. The quantitative estimate of drug-likeness (QED) is 0.912. The number of fused-ring (bicyclic) bond motifs is 1. The average molecular weight is 350 g/mol. The van der Waals surface area contributed by atoms with Crippen LogP contribution < -0.4 is 14.7 Å². The average Bonchev–Trinajstić information content (AvgIpc) is 3.11. The molecule has 0 unspecified atom stereocenters. The lowest BCUT2D eigenvalue weighted by Gasteiger charge is -2.37. The maximum atomic E-state index is 13.1. The van der Waals surface area contributed by atoms with Gasteiger partial charge in [-0.3, -0.25) is 4.79 Å². The van der Waals surface area contributed by atoms with Crippen molar-refractivity contribution in [2.45, 2.75) is 26.3 Å². The zero-order valence-corrected chi connectivity index (χ0v) is 15.7. The van der Waals surface area contributed by atoms with Gasteiger partial charge in [0.25, 0.3) is 5.91 Å². The van der Waals surface area contributed by atoms with Crippen LogP contribution in [0.2, 0.25) is 0 Å². The Hall–Kier alpha value is -2.33. The molecular formula is C22H28N3O+. The van der Waals surface area contributed by atoms with E-state index < -0.39 is 0 Å². The van der Waals surface area contributed by atoms with Gasteiger partial charge in [0.15, 0.2) is 6.04 Å².